The third-order valence-electron chi connectivity index (χ3n) is 3.83. The number of hydrogen-bond donors (Lipinski definition) is 3. The van der Waals surface area contributed by atoms with Gasteiger partial charge in [0, 0.05) is 27.3 Å². The van der Waals surface area contributed by atoms with E-state index in [9.17, 15) is 14.7 Å². The molecule has 8 nitrogen and oxygen atoms in total. The molecule has 144 valence electrons. The minimum Gasteiger partial charge on any atom is -0.385 e. The number of aliphatic hydroxyl groups is 1. The highest BCUT2D eigenvalue weighted by molar-refractivity contribution is 6.01. The van der Waals surface area contributed by atoms with Crippen molar-refractivity contribution in [2.45, 2.75) is 32.4 Å². The number of nitrogens with two attached hydrogens (primary N) is 1. The Bertz CT molecular complexity index is 978. The number of anilines is 1. The summed E-state index contributed by atoms with van der Waals surface area (Å²) in [5.74, 6) is 4.96. The number of methoxy groups -OCH3 is 1. The number of rotatable bonds is 5. The first-order valence-corrected chi connectivity index (χ1v) is 8.49. The molecule has 2 heterocycles. The van der Waals surface area contributed by atoms with Crippen LogP contribution in [0.15, 0.2) is 16.9 Å². The molecule has 0 atom stereocenters. The Balaban J connectivity index is 2.74. The molecule has 0 aliphatic heterocycles. The minimum atomic E-state index is -1.17. The van der Waals surface area contributed by atoms with E-state index in [2.05, 4.69) is 22.1 Å². The highest BCUT2D eigenvalue weighted by atomic mass is 16.5. The van der Waals surface area contributed by atoms with Gasteiger partial charge in [-0.1, -0.05) is 5.92 Å². The van der Waals surface area contributed by atoms with Gasteiger partial charge < -0.3 is 25.5 Å². The molecule has 2 aromatic rings. The Hall–Kier alpha value is -2.89. The summed E-state index contributed by atoms with van der Waals surface area (Å²) in [6, 6.07) is 3.14. The standard InChI is InChI=1S/C19H24N4O4/c1-19(2,26)9-8-12-6-7-13-15(24)14(18(25)21-3)16(20)23(17(13)22-12)10-5-11-27-4/h6-7,26H,5,10-11,20H2,1-4H3,(H,21,25). The van der Waals surface area contributed by atoms with Crippen molar-refractivity contribution in [1.82, 2.24) is 14.9 Å². The van der Waals surface area contributed by atoms with Gasteiger partial charge in [0.05, 0.1) is 5.39 Å². The van der Waals surface area contributed by atoms with Gasteiger partial charge in [0.1, 0.15) is 28.3 Å². The van der Waals surface area contributed by atoms with Crippen LogP contribution in [0.2, 0.25) is 0 Å². The summed E-state index contributed by atoms with van der Waals surface area (Å²) in [7, 11) is 3.03. The van der Waals surface area contributed by atoms with E-state index in [0.29, 0.717) is 30.9 Å². The van der Waals surface area contributed by atoms with E-state index in [1.165, 1.54) is 7.05 Å². The van der Waals surface area contributed by atoms with Gasteiger partial charge in [-0.05, 0) is 38.3 Å². The van der Waals surface area contributed by atoms with E-state index < -0.39 is 16.9 Å². The fourth-order valence-electron chi connectivity index (χ4n) is 2.56. The maximum Gasteiger partial charge on any atom is 0.258 e. The SMILES string of the molecule is CNC(=O)c1c(N)n(CCCOC)c2nc(C#CC(C)(C)O)ccc2c1=O. The first kappa shape index (κ1) is 20.4. The molecule has 0 bridgehead atoms. The van der Waals surface area contributed by atoms with Gasteiger partial charge in [0.2, 0.25) is 5.43 Å². The normalized spacial score (nSPS) is 11.1. The van der Waals surface area contributed by atoms with Gasteiger partial charge in [-0.3, -0.25) is 9.59 Å². The smallest absolute Gasteiger partial charge is 0.258 e. The molecule has 4 N–H and O–H groups in total. The van der Waals surface area contributed by atoms with Crippen LogP contribution in [0, 0.1) is 11.8 Å². The molecule has 0 spiro atoms. The van der Waals surface area contributed by atoms with Crippen LogP contribution in [0.1, 0.15) is 36.3 Å². The molecular weight excluding hydrogens is 348 g/mol. The van der Waals surface area contributed by atoms with E-state index in [4.69, 9.17) is 10.5 Å². The zero-order valence-electron chi connectivity index (χ0n) is 15.9. The number of ether oxygens (including phenoxy) is 1. The Labute approximate surface area is 157 Å². The number of carbonyl (C=O) groups excluding carboxylic acids is 1. The zero-order valence-corrected chi connectivity index (χ0v) is 15.9. The van der Waals surface area contributed by atoms with E-state index in [-0.39, 0.29) is 16.8 Å². The fraction of sp³-hybridized carbons (Fsp3) is 0.421. The summed E-state index contributed by atoms with van der Waals surface area (Å²) in [6.07, 6.45) is 0.618. The van der Waals surface area contributed by atoms with Crippen LogP contribution in [-0.4, -0.2) is 46.9 Å². The van der Waals surface area contributed by atoms with Crippen LogP contribution in [0.25, 0.3) is 11.0 Å². The van der Waals surface area contributed by atoms with Crippen molar-refractivity contribution in [2.24, 2.45) is 0 Å². The lowest BCUT2D eigenvalue weighted by Crippen LogP contribution is -2.30. The van der Waals surface area contributed by atoms with Gasteiger partial charge in [-0.15, -0.1) is 0 Å². The van der Waals surface area contributed by atoms with Crippen molar-refractivity contribution in [1.29, 1.82) is 0 Å². The predicted octanol–water partition coefficient (Wildman–Crippen LogP) is 0.497. The summed E-state index contributed by atoms with van der Waals surface area (Å²) in [4.78, 5) is 29.4. The molecule has 0 saturated heterocycles. The van der Waals surface area contributed by atoms with Gasteiger partial charge >= 0.3 is 0 Å². The number of aryl methyl sites for hydroxylation is 1. The number of hydrogen-bond acceptors (Lipinski definition) is 6. The lowest BCUT2D eigenvalue weighted by molar-refractivity contribution is 0.0962. The largest absolute Gasteiger partial charge is 0.385 e. The second-order valence-electron chi connectivity index (χ2n) is 6.54. The molecule has 0 aliphatic carbocycles. The van der Waals surface area contributed by atoms with Crippen molar-refractivity contribution >= 4 is 22.8 Å². The number of fused-ring (bicyclic) bond motifs is 1. The van der Waals surface area contributed by atoms with Crippen molar-refractivity contribution in [3.05, 3.63) is 33.6 Å². The lowest BCUT2D eigenvalue weighted by Gasteiger charge is -2.16. The molecule has 0 unspecified atom stereocenters. The van der Waals surface area contributed by atoms with Gasteiger partial charge in [0.15, 0.2) is 0 Å². The summed E-state index contributed by atoms with van der Waals surface area (Å²) >= 11 is 0. The van der Waals surface area contributed by atoms with Gasteiger partial charge in [-0.25, -0.2) is 4.98 Å². The van der Waals surface area contributed by atoms with Gasteiger partial charge in [-0.2, -0.15) is 0 Å². The number of pyridine rings is 2. The second-order valence-corrected chi connectivity index (χ2v) is 6.54. The molecule has 1 amide bonds. The number of carbonyl (C=O) groups is 1. The molecule has 2 rings (SSSR count). The Kier molecular flexibility index (Phi) is 6.20. The predicted molar refractivity (Wildman–Crippen MR) is 103 cm³/mol. The van der Waals surface area contributed by atoms with Crippen LogP contribution in [0.3, 0.4) is 0 Å². The average Bonchev–Trinajstić information content (AvgIpc) is 2.61. The first-order valence-electron chi connectivity index (χ1n) is 8.49. The summed E-state index contributed by atoms with van der Waals surface area (Å²) in [5.41, 5.74) is 5.10. The Morgan fingerprint density at radius 1 is 1.44 bits per heavy atom. The summed E-state index contributed by atoms with van der Waals surface area (Å²) in [5, 5.41) is 12.5. The Morgan fingerprint density at radius 3 is 2.74 bits per heavy atom. The molecule has 0 aliphatic rings. The van der Waals surface area contributed by atoms with Crippen LogP contribution < -0.4 is 16.5 Å². The summed E-state index contributed by atoms with van der Waals surface area (Å²) < 4.78 is 6.69. The van der Waals surface area contributed by atoms with Crippen LogP contribution in [0.5, 0.6) is 0 Å². The fourth-order valence-corrected chi connectivity index (χ4v) is 2.56. The molecular formula is C19H24N4O4. The van der Waals surface area contributed by atoms with Gasteiger partial charge in [0.25, 0.3) is 5.91 Å². The molecule has 0 aromatic carbocycles. The second kappa shape index (κ2) is 8.20. The zero-order chi connectivity index (χ0) is 20.2. The van der Waals surface area contributed by atoms with E-state index in [1.54, 1.807) is 37.7 Å². The van der Waals surface area contributed by atoms with E-state index in [1.807, 2.05) is 0 Å². The number of aromatic nitrogens is 2. The lowest BCUT2D eigenvalue weighted by atomic mass is 10.1. The molecule has 0 saturated carbocycles. The average molecular weight is 372 g/mol. The summed E-state index contributed by atoms with van der Waals surface area (Å²) in [6.45, 7) is 4.03. The molecule has 0 radical (unpaired) electrons. The van der Waals surface area contributed by atoms with Crippen molar-refractivity contribution < 1.29 is 14.6 Å². The highest BCUT2D eigenvalue weighted by Crippen LogP contribution is 2.18. The van der Waals surface area contributed by atoms with E-state index in [0.717, 1.165) is 0 Å². The van der Waals surface area contributed by atoms with Crippen LogP contribution >= 0.6 is 0 Å². The molecule has 2 aromatic heterocycles. The molecule has 27 heavy (non-hydrogen) atoms. The maximum absolute atomic E-state index is 12.8. The first-order chi connectivity index (χ1) is 12.7. The van der Waals surface area contributed by atoms with Crippen molar-refractivity contribution in [3.63, 3.8) is 0 Å². The number of amides is 1. The highest BCUT2D eigenvalue weighted by Gasteiger charge is 2.21. The molecule has 0 fully saturated rings. The third kappa shape index (κ3) is 4.64. The quantitative estimate of drug-likeness (QED) is 0.519. The van der Waals surface area contributed by atoms with Crippen molar-refractivity contribution in [2.75, 3.05) is 26.5 Å². The monoisotopic (exact) mass is 372 g/mol. The van der Waals surface area contributed by atoms with E-state index >= 15 is 0 Å². The number of nitrogens with one attached hydrogen (secondary N) is 1. The van der Waals surface area contributed by atoms with Crippen LogP contribution in [-0.2, 0) is 11.3 Å². The minimum absolute atomic E-state index is 0.0445. The third-order valence-corrected chi connectivity index (χ3v) is 3.83. The topological polar surface area (TPSA) is 119 Å². The maximum atomic E-state index is 12.8. The Morgan fingerprint density at radius 2 is 2.15 bits per heavy atom. The van der Waals surface area contributed by atoms with Crippen molar-refractivity contribution in [3.8, 4) is 11.8 Å². The van der Waals surface area contributed by atoms with Crippen LogP contribution in [0.4, 0.5) is 5.82 Å². The molecule has 8 heteroatoms. The number of nitrogens with zero attached hydrogens (tertiary/aromatic N) is 2. The number of nitrogen functional groups attached to an aromatic ring is 1.